The van der Waals surface area contributed by atoms with Crippen molar-refractivity contribution in [3.05, 3.63) is 53.7 Å². The molecule has 0 radical (unpaired) electrons. The van der Waals surface area contributed by atoms with E-state index < -0.39 is 35.9 Å². The van der Waals surface area contributed by atoms with Gasteiger partial charge in [0.2, 0.25) is 5.91 Å². The summed E-state index contributed by atoms with van der Waals surface area (Å²) in [6.45, 7) is 6.63. The van der Waals surface area contributed by atoms with E-state index in [-0.39, 0.29) is 6.10 Å². The van der Waals surface area contributed by atoms with Gasteiger partial charge >= 0.3 is 12.1 Å². The molecule has 1 aliphatic heterocycles. The van der Waals surface area contributed by atoms with Gasteiger partial charge in [0.25, 0.3) is 0 Å². The third kappa shape index (κ3) is 5.53. The third-order valence-electron chi connectivity index (χ3n) is 8.09. The first-order chi connectivity index (χ1) is 20.7. The number of alkyl halides is 3. The molecule has 4 heterocycles. The Bertz CT molecular complexity index is 1770. The van der Waals surface area contributed by atoms with Crippen LogP contribution in [0.5, 0.6) is 5.75 Å². The van der Waals surface area contributed by atoms with Crippen LogP contribution in [0.25, 0.3) is 33.6 Å². The molecule has 0 saturated heterocycles. The van der Waals surface area contributed by atoms with Crippen molar-refractivity contribution in [2.45, 2.75) is 71.8 Å². The average molecular weight is 612 g/mol. The Morgan fingerprint density at radius 2 is 1.91 bits per heavy atom. The Labute approximate surface area is 253 Å². The van der Waals surface area contributed by atoms with Gasteiger partial charge in [-0.15, -0.1) is 0 Å². The van der Waals surface area contributed by atoms with Crippen molar-refractivity contribution < 1.29 is 32.2 Å². The Morgan fingerprint density at radius 1 is 1.16 bits per heavy atom. The molecule has 0 unspecified atom stereocenters. The molecular weight excluding hydrogens is 575 g/mol. The number of carbonyl (C=O) groups excluding carboxylic acids is 2. The third-order valence-corrected chi connectivity index (χ3v) is 8.09. The normalized spacial score (nSPS) is 20.6. The van der Waals surface area contributed by atoms with Crippen molar-refractivity contribution in [3.63, 3.8) is 0 Å². The molecule has 4 aromatic rings. The molecule has 1 aromatic carbocycles. The number of nitrogens with one attached hydrogen (secondary N) is 1. The highest BCUT2D eigenvalue weighted by atomic mass is 19.4. The van der Waals surface area contributed by atoms with Crippen LogP contribution in [-0.2, 0) is 23.1 Å². The number of allylic oxidation sites excluding steroid dienone is 2. The monoisotopic (exact) mass is 611 g/mol. The van der Waals surface area contributed by atoms with E-state index in [2.05, 4.69) is 5.32 Å². The summed E-state index contributed by atoms with van der Waals surface area (Å²) in [7, 11) is 3.39. The Morgan fingerprint density at radius 3 is 2.59 bits per heavy atom. The van der Waals surface area contributed by atoms with Crippen LogP contribution >= 0.6 is 0 Å². The number of aryl methyl sites for hydroxylation is 2. The summed E-state index contributed by atoms with van der Waals surface area (Å²) in [5, 5.41) is 3.35. The standard InChI is InChI=1S/C32H36F3N5O4/c1-18(2)44-29(41)21-15-23-26(25(17-21)43-6)39(5)28(38-23)24-16-20-11-12-22-19(3)36-30(42)31(4,32(33,34)35)13-9-7-8-10-14-40(24)27(20)37-22/h7,9,11-12,15-19H,8,10,13-14H2,1-6H3,(H,36,42)/b9-7+/t19-,31+/m1/s1. The van der Waals surface area contributed by atoms with Gasteiger partial charge in [0, 0.05) is 19.0 Å². The zero-order chi connectivity index (χ0) is 32.0. The number of rotatable bonds is 4. The Balaban J connectivity index is 1.63. The van der Waals surface area contributed by atoms with Gasteiger partial charge in [-0.1, -0.05) is 12.2 Å². The molecule has 0 fully saturated rings. The number of amides is 1. The van der Waals surface area contributed by atoms with Crippen LogP contribution < -0.4 is 10.1 Å². The largest absolute Gasteiger partial charge is 0.494 e. The second-order valence-electron chi connectivity index (χ2n) is 11.7. The van der Waals surface area contributed by atoms with E-state index in [1.165, 1.54) is 13.2 Å². The molecule has 2 bridgehead atoms. The quantitative estimate of drug-likeness (QED) is 0.205. The van der Waals surface area contributed by atoms with Crippen molar-refractivity contribution in [2.75, 3.05) is 7.11 Å². The lowest BCUT2D eigenvalue weighted by Crippen LogP contribution is -2.49. The number of hydrogen-bond acceptors (Lipinski definition) is 6. The molecule has 5 rings (SSSR count). The van der Waals surface area contributed by atoms with Gasteiger partial charge in [-0.25, -0.2) is 14.8 Å². The van der Waals surface area contributed by atoms with Crippen molar-refractivity contribution in [1.82, 2.24) is 24.4 Å². The lowest BCUT2D eigenvalue weighted by atomic mass is 9.84. The van der Waals surface area contributed by atoms with Crippen molar-refractivity contribution in [2.24, 2.45) is 12.5 Å². The van der Waals surface area contributed by atoms with E-state index in [1.54, 1.807) is 45.0 Å². The number of imidazole rings is 1. The first-order valence-corrected chi connectivity index (χ1v) is 14.5. The number of nitrogens with zero attached hydrogens (tertiary/aromatic N) is 4. The molecule has 9 nitrogen and oxygen atoms in total. The van der Waals surface area contributed by atoms with E-state index in [1.807, 2.05) is 28.3 Å². The summed E-state index contributed by atoms with van der Waals surface area (Å²) >= 11 is 0. The molecule has 234 valence electrons. The maximum atomic E-state index is 14.0. The highest BCUT2D eigenvalue weighted by Gasteiger charge is 2.56. The van der Waals surface area contributed by atoms with Gasteiger partial charge in [0.05, 0.1) is 41.7 Å². The summed E-state index contributed by atoms with van der Waals surface area (Å²) in [5.74, 6) is -0.484. The van der Waals surface area contributed by atoms with Gasteiger partial charge in [0.15, 0.2) is 5.82 Å². The molecule has 2 atom stereocenters. The highest BCUT2D eigenvalue weighted by Crippen LogP contribution is 2.42. The Hall–Kier alpha value is -4.35. The minimum absolute atomic E-state index is 0.286. The number of halogens is 3. The lowest BCUT2D eigenvalue weighted by molar-refractivity contribution is -0.216. The van der Waals surface area contributed by atoms with E-state index in [9.17, 15) is 22.8 Å². The number of pyridine rings is 1. The van der Waals surface area contributed by atoms with Crippen LogP contribution in [0, 0.1) is 5.41 Å². The molecule has 3 aromatic heterocycles. The number of fused-ring (bicyclic) bond motifs is 2. The molecular formula is C32H36F3N5O4. The predicted octanol–water partition coefficient (Wildman–Crippen LogP) is 6.65. The van der Waals surface area contributed by atoms with Gasteiger partial charge in [-0.2, -0.15) is 13.2 Å². The molecule has 0 saturated carbocycles. The summed E-state index contributed by atoms with van der Waals surface area (Å²) in [4.78, 5) is 35.4. The van der Waals surface area contributed by atoms with E-state index in [0.29, 0.717) is 58.9 Å². The fourth-order valence-electron chi connectivity index (χ4n) is 5.46. The van der Waals surface area contributed by atoms with Gasteiger partial charge in [-0.3, -0.25) is 4.79 Å². The van der Waals surface area contributed by atoms with Gasteiger partial charge in [-0.05, 0) is 77.3 Å². The number of ether oxygens (including phenoxy) is 2. The van der Waals surface area contributed by atoms with Crippen LogP contribution in [0.1, 0.15) is 69.1 Å². The molecule has 1 amide bonds. The van der Waals surface area contributed by atoms with Crippen LogP contribution in [0.4, 0.5) is 13.2 Å². The van der Waals surface area contributed by atoms with Crippen LogP contribution in [0.15, 0.2) is 42.5 Å². The molecule has 12 heteroatoms. The first kappa shape index (κ1) is 31.1. The van der Waals surface area contributed by atoms with E-state index >= 15 is 0 Å². The van der Waals surface area contributed by atoms with Crippen molar-refractivity contribution in [1.29, 1.82) is 0 Å². The zero-order valence-electron chi connectivity index (χ0n) is 25.6. The van der Waals surface area contributed by atoms with Crippen LogP contribution in [-0.4, -0.2) is 50.4 Å². The van der Waals surface area contributed by atoms with Gasteiger partial charge in [0.1, 0.15) is 22.3 Å². The van der Waals surface area contributed by atoms with Gasteiger partial charge < -0.3 is 23.9 Å². The molecule has 0 aliphatic carbocycles. The molecule has 1 N–H and O–H groups in total. The maximum Gasteiger partial charge on any atom is 0.403 e. The lowest BCUT2D eigenvalue weighted by Gasteiger charge is -2.31. The molecule has 44 heavy (non-hydrogen) atoms. The van der Waals surface area contributed by atoms with E-state index in [0.717, 1.165) is 18.0 Å². The number of carbonyl (C=O) groups is 2. The van der Waals surface area contributed by atoms with Crippen LogP contribution in [0.2, 0.25) is 0 Å². The second kappa shape index (κ2) is 11.6. The minimum Gasteiger partial charge on any atom is -0.494 e. The van der Waals surface area contributed by atoms with Crippen LogP contribution in [0.3, 0.4) is 0 Å². The maximum absolute atomic E-state index is 14.0. The predicted molar refractivity (Wildman–Crippen MR) is 160 cm³/mol. The number of esters is 1. The number of benzene rings is 1. The summed E-state index contributed by atoms with van der Waals surface area (Å²) in [5.41, 5.74) is 0.846. The number of methoxy groups -OCH3 is 1. The minimum atomic E-state index is -4.72. The highest BCUT2D eigenvalue weighted by molar-refractivity contribution is 5.97. The average Bonchev–Trinajstić information content (AvgIpc) is 3.49. The first-order valence-electron chi connectivity index (χ1n) is 14.5. The van der Waals surface area contributed by atoms with Crippen molar-refractivity contribution >= 4 is 33.9 Å². The topological polar surface area (TPSA) is 100 Å². The summed E-state index contributed by atoms with van der Waals surface area (Å²) in [6.07, 6.45) is -1.23. The summed E-state index contributed by atoms with van der Waals surface area (Å²) < 4.78 is 57.0. The molecule has 1 aliphatic rings. The number of aromatic nitrogens is 4. The Kier molecular flexibility index (Phi) is 8.21. The fourth-order valence-corrected chi connectivity index (χ4v) is 5.46. The summed E-state index contributed by atoms with van der Waals surface area (Å²) in [6, 6.07) is 8.07. The van der Waals surface area contributed by atoms with Crippen molar-refractivity contribution in [3.8, 4) is 17.3 Å². The smallest absolute Gasteiger partial charge is 0.403 e. The zero-order valence-corrected chi connectivity index (χ0v) is 25.6. The molecule has 0 spiro atoms. The second-order valence-corrected chi connectivity index (χ2v) is 11.7. The number of hydrogen-bond donors (Lipinski definition) is 1. The van der Waals surface area contributed by atoms with E-state index in [4.69, 9.17) is 19.4 Å². The SMILES string of the molecule is COc1cc(C(=O)OC(C)C)cc2nc(-c3cc4ccc5nc4n3CCC/C=C/C[C@](C)(C(F)(F)F)C(=O)N[C@@H]5C)n(C)c12. The fraction of sp³-hybridized carbons (Fsp3) is 0.438.